The highest BCUT2D eigenvalue weighted by Gasteiger charge is 2.28. The molecule has 26 heavy (non-hydrogen) atoms. The van der Waals surface area contributed by atoms with Crippen molar-refractivity contribution in [1.82, 2.24) is 14.7 Å². The monoisotopic (exact) mass is 400 g/mol. The van der Waals surface area contributed by atoms with Crippen molar-refractivity contribution in [2.24, 2.45) is 0 Å². The van der Waals surface area contributed by atoms with Gasteiger partial charge in [0.25, 0.3) is 0 Å². The van der Waals surface area contributed by atoms with Crippen molar-refractivity contribution in [3.05, 3.63) is 28.2 Å². The van der Waals surface area contributed by atoms with Crippen molar-refractivity contribution >= 4 is 34.9 Å². The molecule has 7 heteroatoms. The highest BCUT2D eigenvalue weighted by Crippen LogP contribution is 2.26. The van der Waals surface area contributed by atoms with Gasteiger partial charge in [0, 0.05) is 44.0 Å². The fraction of sp³-hybridized carbons (Fsp3) is 0.632. The van der Waals surface area contributed by atoms with Crippen LogP contribution in [0.25, 0.3) is 0 Å². The quantitative estimate of drug-likeness (QED) is 0.774. The van der Waals surface area contributed by atoms with Gasteiger partial charge in [0.05, 0.1) is 10.0 Å². The molecule has 146 valence electrons. The zero-order valence-electron chi connectivity index (χ0n) is 16.1. The van der Waals surface area contributed by atoms with Crippen molar-refractivity contribution in [3.8, 4) is 0 Å². The van der Waals surface area contributed by atoms with Gasteiger partial charge in [-0.1, -0.05) is 23.2 Å². The second-order valence-corrected chi connectivity index (χ2v) is 8.23. The minimum absolute atomic E-state index is 0.0757. The molecule has 2 rings (SSSR count). The number of rotatable bonds is 6. The Morgan fingerprint density at radius 1 is 1.19 bits per heavy atom. The molecule has 0 radical (unpaired) electrons. The minimum Gasteiger partial charge on any atom is -0.320 e. The van der Waals surface area contributed by atoms with E-state index in [1.165, 1.54) is 0 Å². The van der Waals surface area contributed by atoms with Gasteiger partial charge in [0.2, 0.25) is 0 Å². The summed E-state index contributed by atoms with van der Waals surface area (Å²) in [7, 11) is 4.05. The first kappa shape index (κ1) is 21.3. The Morgan fingerprint density at radius 2 is 1.85 bits per heavy atom. The Bertz CT molecular complexity index is 601. The van der Waals surface area contributed by atoms with Crippen LogP contribution in [0.4, 0.5) is 10.5 Å². The van der Waals surface area contributed by atoms with Gasteiger partial charge >= 0.3 is 6.03 Å². The largest absolute Gasteiger partial charge is 0.322 e. The van der Waals surface area contributed by atoms with Crippen LogP contribution in [0.1, 0.15) is 26.7 Å². The molecule has 1 aromatic rings. The maximum Gasteiger partial charge on any atom is 0.322 e. The van der Waals surface area contributed by atoms with Crippen LogP contribution in [0.15, 0.2) is 18.2 Å². The number of nitrogens with one attached hydrogen (secondary N) is 1. The van der Waals surface area contributed by atoms with Gasteiger partial charge in [0.15, 0.2) is 0 Å². The van der Waals surface area contributed by atoms with Crippen LogP contribution in [0, 0.1) is 0 Å². The number of urea groups is 1. The summed E-state index contributed by atoms with van der Waals surface area (Å²) in [4.78, 5) is 19.5. The van der Waals surface area contributed by atoms with E-state index in [9.17, 15) is 4.79 Å². The summed E-state index contributed by atoms with van der Waals surface area (Å²) in [5, 5.41) is 3.90. The van der Waals surface area contributed by atoms with Gasteiger partial charge in [-0.25, -0.2) is 4.79 Å². The molecule has 1 saturated heterocycles. The minimum atomic E-state index is -0.0757. The molecule has 0 aliphatic carbocycles. The Kier molecular flexibility index (Phi) is 8.02. The molecule has 0 atom stereocenters. The Morgan fingerprint density at radius 3 is 2.38 bits per heavy atom. The lowest BCUT2D eigenvalue weighted by Gasteiger charge is -2.40. The van der Waals surface area contributed by atoms with Crippen LogP contribution in [0.5, 0.6) is 0 Å². The number of benzene rings is 1. The van der Waals surface area contributed by atoms with E-state index in [4.69, 9.17) is 23.2 Å². The molecule has 0 spiro atoms. The van der Waals surface area contributed by atoms with Gasteiger partial charge in [-0.05, 0) is 59.0 Å². The van der Waals surface area contributed by atoms with Crippen molar-refractivity contribution in [3.63, 3.8) is 0 Å². The van der Waals surface area contributed by atoms with E-state index in [0.29, 0.717) is 28.3 Å². The van der Waals surface area contributed by atoms with E-state index in [-0.39, 0.29) is 12.1 Å². The molecular formula is C19H30Cl2N4O. The van der Waals surface area contributed by atoms with E-state index in [1.54, 1.807) is 18.2 Å². The number of halogens is 2. The van der Waals surface area contributed by atoms with Crippen molar-refractivity contribution in [2.45, 2.75) is 38.8 Å². The SMILES string of the molecule is CC(C)N1CCC(N(CCN(C)C)C(=O)Nc2ccc(Cl)c(Cl)c2)CC1. The number of amides is 2. The fourth-order valence-electron chi connectivity index (χ4n) is 3.24. The van der Waals surface area contributed by atoms with Gasteiger partial charge in [-0.2, -0.15) is 0 Å². The van der Waals surface area contributed by atoms with Crippen LogP contribution in [0.2, 0.25) is 10.0 Å². The first-order valence-corrected chi connectivity index (χ1v) is 9.95. The Labute approximate surface area is 167 Å². The van der Waals surface area contributed by atoms with Crippen LogP contribution >= 0.6 is 23.2 Å². The number of anilines is 1. The molecule has 1 aliphatic heterocycles. The van der Waals surface area contributed by atoms with E-state index in [0.717, 1.165) is 32.5 Å². The molecule has 0 aromatic heterocycles. The van der Waals surface area contributed by atoms with Gasteiger partial charge in [-0.3, -0.25) is 0 Å². The lowest BCUT2D eigenvalue weighted by atomic mass is 10.0. The summed E-state index contributed by atoms with van der Waals surface area (Å²) in [5.74, 6) is 0. The molecule has 1 N–H and O–H groups in total. The molecule has 1 aliphatic rings. The molecule has 0 bridgehead atoms. The van der Waals surface area contributed by atoms with Gasteiger partial charge < -0.3 is 20.0 Å². The molecular weight excluding hydrogens is 371 g/mol. The van der Waals surface area contributed by atoms with Crippen LogP contribution < -0.4 is 5.32 Å². The first-order valence-electron chi connectivity index (χ1n) is 9.19. The van der Waals surface area contributed by atoms with Crippen molar-refractivity contribution in [2.75, 3.05) is 45.6 Å². The maximum absolute atomic E-state index is 12.9. The number of hydrogen-bond donors (Lipinski definition) is 1. The predicted molar refractivity (Wildman–Crippen MR) is 110 cm³/mol. The number of nitrogens with zero attached hydrogens (tertiary/aromatic N) is 3. The smallest absolute Gasteiger partial charge is 0.320 e. The van der Waals surface area contributed by atoms with Crippen LogP contribution in [-0.2, 0) is 0 Å². The second-order valence-electron chi connectivity index (χ2n) is 7.42. The molecule has 5 nitrogen and oxygen atoms in total. The number of carbonyl (C=O) groups is 1. The lowest BCUT2D eigenvalue weighted by molar-refractivity contribution is 0.106. The second kappa shape index (κ2) is 9.79. The normalized spacial score (nSPS) is 16.3. The number of hydrogen-bond acceptors (Lipinski definition) is 3. The summed E-state index contributed by atoms with van der Waals surface area (Å²) < 4.78 is 0. The highest BCUT2D eigenvalue weighted by atomic mass is 35.5. The predicted octanol–water partition coefficient (Wildman–Crippen LogP) is 4.26. The Balaban J connectivity index is 2.05. The molecule has 1 heterocycles. The third-order valence-corrected chi connectivity index (χ3v) is 5.63. The summed E-state index contributed by atoms with van der Waals surface area (Å²) in [6.45, 7) is 8.04. The first-order chi connectivity index (χ1) is 12.3. The number of likely N-dealkylation sites (tertiary alicyclic amines) is 1. The number of likely N-dealkylation sites (N-methyl/N-ethyl adjacent to an activating group) is 1. The maximum atomic E-state index is 12.9. The Hall–Kier alpha value is -1.01. The fourth-order valence-corrected chi connectivity index (χ4v) is 3.54. The molecule has 2 amide bonds. The summed E-state index contributed by atoms with van der Waals surface area (Å²) >= 11 is 12.0. The van der Waals surface area contributed by atoms with E-state index in [1.807, 2.05) is 19.0 Å². The zero-order chi connectivity index (χ0) is 19.3. The molecule has 1 aromatic carbocycles. The molecule has 0 unspecified atom stereocenters. The van der Waals surface area contributed by atoms with Gasteiger partial charge in [-0.15, -0.1) is 0 Å². The standard InChI is InChI=1S/C19H30Cl2N4O/c1-14(2)24-9-7-16(8-10-24)25(12-11-23(3)4)19(26)22-15-5-6-17(20)18(21)13-15/h5-6,13-14,16H,7-12H2,1-4H3,(H,22,26). The van der Waals surface area contributed by atoms with Crippen molar-refractivity contribution < 1.29 is 4.79 Å². The topological polar surface area (TPSA) is 38.8 Å². The lowest BCUT2D eigenvalue weighted by Crippen LogP contribution is -2.51. The van der Waals surface area contributed by atoms with Crippen LogP contribution in [0.3, 0.4) is 0 Å². The number of carbonyl (C=O) groups excluding carboxylic acids is 1. The summed E-state index contributed by atoms with van der Waals surface area (Å²) in [5.41, 5.74) is 0.666. The van der Waals surface area contributed by atoms with Crippen LogP contribution in [-0.4, -0.2) is 73.1 Å². The average Bonchev–Trinajstić information content (AvgIpc) is 2.58. The molecule has 1 fully saturated rings. The zero-order valence-corrected chi connectivity index (χ0v) is 17.6. The summed E-state index contributed by atoms with van der Waals surface area (Å²) in [6.07, 6.45) is 2.00. The molecule has 0 saturated carbocycles. The third-order valence-electron chi connectivity index (χ3n) is 4.89. The van der Waals surface area contributed by atoms with E-state index < -0.39 is 0 Å². The highest BCUT2D eigenvalue weighted by molar-refractivity contribution is 6.42. The van der Waals surface area contributed by atoms with Gasteiger partial charge in [0.1, 0.15) is 0 Å². The van der Waals surface area contributed by atoms with Crippen molar-refractivity contribution in [1.29, 1.82) is 0 Å². The number of piperidine rings is 1. The third kappa shape index (κ3) is 6.02. The average molecular weight is 401 g/mol. The summed E-state index contributed by atoms with van der Waals surface area (Å²) in [6, 6.07) is 5.90. The van der Waals surface area contributed by atoms with E-state index in [2.05, 4.69) is 29.0 Å². The van der Waals surface area contributed by atoms with E-state index >= 15 is 0 Å².